The molecule has 1 aliphatic rings. The molecule has 0 radical (unpaired) electrons. The Balaban J connectivity index is -0.000000365. The maximum atomic E-state index is 8.79. The van der Waals surface area contributed by atoms with Crippen LogP contribution in [0.1, 0.15) is 68.2 Å². The van der Waals surface area contributed by atoms with Crippen molar-refractivity contribution >= 4 is 0 Å². The number of aliphatic hydroxyl groups is 5. The van der Waals surface area contributed by atoms with E-state index in [4.69, 9.17) is 25.5 Å². The molecule has 0 spiro atoms. The van der Waals surface area contributed by atoms with Crippen molar-refractivity contribution < 1.29 is 25.5 Å². The Labute approximate surface area is 203 Å². The first-order chi connectivity index (χ1) is 15.4. The molecule has 0 aromatic heterocycles. The number of nitrogens with one attached hydrogen (secondary N) is 4. The Bertz CT molecular complexity index is 351. The lowest BCUT2D eigenvalue weighted by Gasteiger charge is -2.10. The highest BCUT2D eigenvalue weighted by atomic mass is 16.3. The average molecular weight is 483 g/mol. The summed E-state index contributed by atoms with van der Waals surface area (Å²) < 4.78 is 0. The predicted octanol–water partition coefficient (Wildman–Crippen LogP) is 0.0463. The first-order valence-corrected chi connectivity index (χ1v) is 12.5. The standard InChI is InChI=1S/C7H15N.2C6H15NO2.C5H13NO/c1-6(2)8-5-7-3-4-7;2*1-5(2)7-3-6(9)4-8;1-5(2)6-3-4-7/h6-8H,3-5H2,1-2H3;2*5-9H,3-4H2,1-2H3;5-7H,3-4H2,1-2H3/t;2*6-;/m.10./s1. The van der Waals surface area contributed by atoms with Crippen LogP contribution in [0.5, 0.6) is 0 Å². The van der Waals surface area contributed by atoms with Crippen molar-refractivity contribution in [1.82, 2.24) is 21.3 Å². The van der Waals surface area contributed by atoms with Gasteiger partial charge in [0.1, 0.15) is 0 Å². The molecule has 1 aliphatic carbocycles. The molecule has 1 saturated carbocycles. The lowest BCUT2D eigenvalue weighted by molar-refractivity contribution is 0.0928. The van der Waals surface area contributed by atoms with Gasteiger partial charge in [-0.25, -0.2) is 0 Å². The summed E-state index contributed by atoms with van der Waals surface area (Å²) in [6, 6.07) is 1.90. The normalized spacial score (nSPS) is 14.8. The first-order valence-electron chi connectivity index (χ1n) is 12.5. The molecule has 1 rings (SSSR count). The number of aliphatic hydroxyl groups excluding tert-OH is 5. The molecular formula is C24H58N4O5. The van der Waals surface area contributed by atoms with E-state index < -0.39 is 12.2 Å². The van der Waals surface area contributed by atoms with Gasteiger partial charge in [-0.1, -0.05) is 55.4 Å². The van der Waals surface area contributed by atoms with Gasteiger partial charge in [0.15, 0.2) is 0 Å². The van der Waals surface area contributed by atoms with E-state index in [-0.39, 0.29) is 19.8 Å². The minimum absolute atomic E-state index is 0.167. The molecule has 0 heterocycles. The van der Waals surface area contributed by atoms with E-state index in [1.165, 1.54) is 19.4 Å². The summed E-state index contributed by atoms with van der Waals surface area (Å²) in [5.74, 6) is 1.03. The molecule has 9 heteroatoms. The van der Waals surface area contributed by atoms with Crippen LogP contribution in [0, 0.1) is 5.92 Å². The molecule has 2 atom stereocenters. The molecule has 0 saturated heterocycles. The second kappa shape index (κ2) is 26.2. The quantitative estimate of drug-likeness (QED) is 0.167. The molecule has 1 fully saturated rings. The maximum Gasteiger partial charge on any atom is 0.0895 e. The Morgan fingerprint density at radius 2 is 0.970 bits per heavy atom. The third-order valence-electron chi connectivity index (χ3n) is 4.12. The van der Waals surface area contributed by atoms with Crippen LogP contribution < -0.4 is 21.3 Å². The fourth-order valence-corrected chi connectivity index (χ4v) is 1.95. The highest BCUT2D eigenvalue weighted by molar-refractivity contribution is 4.75. The topological polar surface area (TPSA) is 149 Å². The highest BCUT2D eigenvalue weighted by Gasteiger charge is 2.20. The number of hydrogen-bond donors (Lipinski definition) is 9. The van der Waals surface area contributed by atoms with Gasteiger partial charge < -0.3 is 46.8 Å². The van der Waals surface area contributed by atoms with Gasteiger partial charge in [0, 0.05) is 43.8 Å². The van der Waals surface area contributed by atoms with Gasteiger partial charge in [-0.15, -0.1) is 0 Å². The summed E-state index contributed by atoms with van der Waals surface area (Å²) in [5, 5.41) is 55.0. The zero-order valence-electron chi connectivity index (χ0n) is 22.6. The molecule has 0 unspecified atom stereocenters. The zero-order chi connectivity index (χ0) is 26.2. The van der Waals surface area contributed by atoms with E-state index in [9.17, 15) is 0 Å². The van der Waals surface area contributed by atoms with Crippen molar-refractivity contribution in [2.24, 2.45) is 5.92 Å². The molecule has 0 aromatic carbocycles. The van der Waals surface area contributed by atoms with Gasteiger partial charge in [-0.2, -0.15) is 0 Å². The van der Waals surface area contributed by atoms with E-state index in [1.54, 1.807) is 0 Å². The van der Waals surface area contributed by atoms with Crippen LogP contribution in [0.25, 0.3) is 0 Å². The van der Waals surface area contributed by atoms with Crippen LogP contribution in [0.3, 0.4) is 0 Å². The molecule has 0 aliphatic heterocycles. The SMILES string of the molecule is CC(C)NCC1CC1.CC(C)NCCO.CC(C)NC[C@@H](O)CO.CC(C)NC[C@H](O)CO. The monoisotopic (exact) mass is 482 g/mol. The number of hydrogen-bond acceptors (Lipinski definition) is 9. The summed E-state index contributed by atoms with van der Waals surface area (Å²) in [7, 11) is 0. The highest BCUT2D eigenvalue weighted by Crippen LogP contribution is 2.27. The van der Waals surface area contributed by atoms with Crippen LogP contribution in [0.15, 0.2) is 0 Å². The van der Waals surface area contributed by atoms with Crippen LogP contribution in [0.2, 0.25) is 0 Å². The maximum absolute atomic E-state index is 8.79. The second-order valence-electron chi connectivity index (χ2n) is 9.64. The van der Waals surface area contributed by atoms with Crippen molar-refractivity contribution in [3.05, 3.63) is 0 Å². The second-order valence-corrected chi connectivity index (χ2v) is 9.64. The summed E-state index contributed by atoms with van der Waals surface area (Å²) in [6.45, 7) is 19.2. The predicted molar refractivity (Wildman–Crippen MR) is 139 cm³/mol. The van der Waals surface area contributed by atoms with Crippen molar-refractivity contribution in [2.75, 3.05) is 46.0 Å². The van der Waals surface area contributed by atoms with E-state index in [1.807, 2.05) is 27.7 Å². The molecular weight excluding hydrogens is 424 g/mol. The molecule has 9 N–H and O–H groups in total. The van der Waals surface area contributed by atoms with E-state index in [0.717, 1.165) is 5.92 Å². The van der Waals surface area contributed by atoms with Crippen LogP contribution >= 0.6 is 0 Å². The summed E-state index contributed by atoms with van der Waals surface area (Å²) in [4.78, 5) is 0. The lowest BCUT2D eigenvalue weighted by atomic mass is 10.3. The zero-order valence-corrected chi connectivity index (χ0v) is 22.6. The van der Waals surface area contributed by atoms with E-state index in [2.05, 4.69) is 49.0 Å². The smallest absolute Gasteiger partial charge is 0.0895 e. The van der Waals surface area contributed by atoms with Gasteiger partial charge in [-0.05, 0) is 25.3 Å². The molecule has 0 aromatic rings. The van der Waals surface area contributed by atoms with Crippen LogP contribution in [0.4, 0.5) is 0 Å². The Morgan fingerprint density at radius 1 is 0.606 bits per heavy atom. The van der Waals surface area contributed by atoms with Gasteiger partial charge in [0.05, 0.1) is 32.0 Å². The Morgan fingerprint density at radius 3 is 1.18 bits per heavy atom. The van der Waals surface area contributed by atoms with Crippen LogP contribution in [-0.2, 0) is 0 Å². The first kappa shape index (κ1) is 37.2. The Kier molecular flexibility index (Phi) is 29.6. The summed E-state index contributed by atoms with van der Waals surface area (Å²) in [6.07, 6.45) is 1.68. The average Bonchev–Trinajstić information content (AvgIpc) is 3.58. The van der Waals surface area contributed by atoms with Gasteiger partial charge >= 0.3 is 0 Å². The number of rotatable bonds is 14. The largest absolute Gasteiger partial charge is 0.395 e. The van der Waals surface area contributed by atoms with Crippen molar-refractivity contribution in [3.63, 3.8) is 0 Å². The lowest BCUT2D eigenvalue weighted by Crippen LogP contribution is -2.33. The third-order valence-corrected chi connectivity index (χ3v) is 4.12. The summed E-state index contributed by atoms with van der Waals surface area (Å²) >= 11 is 0. The van der Waals surface area contributed by atoms with E-state index >= 15 is 0 Å². The van der Waals surface area contributed by atoms with Gasteiger partial charge in [0.25, 0.3) is 0 Å². The van der Waals surface area contributed by atoms with Crippen molar-refractivity contribution in [1.29, 1.82) is 0 Å². The minimum Gasteiger partial charge on any atom is -0.395 e. The van der Waals surface area contributed by atoms with Crippen molar-refractivity contribution in [3.8, 4) is 0 Å². The molecule has 9 nitrogen and oxygen atoms in total. The minimum atomic E-state index is -0.618. The molecule has 0 bridgehead atoms. The Hall–Kier alpha value is -0.360. The summed E-state index contributed by atoms with van der Waals surface area (Å²) in [5.41, 5.74) is 0. The van der Waals surface area contributed by atoms with Crippen LogP contribution in [-0.4, -0.2) is 108 Å². The van der Waals surface area contributed by atoms with Gasteiger partial charge in [-0.3, -0.25) is 0 Å². The molecule has 0 amide bonds. The van der Waals surface area contributed by atoms with Gasteiger partial charge in [0.2, 0.25) is 0 Å². The fraction of sp³-hybridized carbons (Fsp3) is 1.00. The molecule has 33 heavy (non-hydrogen) atoms. The third kappa shape index (κ3) is 42.3. The fourth-order valence-electron chi connectivity index (χ4n) is 1.95. The molecule has 204 valence electrons. The van der Waals surface area contributed by atoms with E-state index in [0.29, 0.717) is 43.8 Å². The van der Waals surface area contributed by atoms with Crippen molar-refractivity contribution in [2.45, 2.75) is 105 Å².